The zero-order chi connectivity index (χ0) is 13.8. The van der Waals surface area contributed by atoms with Gasteiger partial charge in [-0.3, -0.25) is 10.1 Å². The van der Waals surface area contributed by atoms with Crippen LogP contribution in [0.2, 0.25) is 0 Å². The first-order valence-corrected chi connectivity index (χ1v) is 6.31. The Balaban J connectivity index is 2.08. The van der Waals surface area contributed by atoms with Crippen LogP contribution in [0.1, 0.15) is 30.0 Å². The fourth-order valence-electron chi connectivity index (χ4n) is 1.65. The maximum atomic E-state index is 10.5. The summed E-state index contributed by atoms with van der Waals surface area (Å²) >= 11 is 6.07. The molecule has 0 spiro atoms. The normalized spacial score (nSPS) is 12.3. The van der Waals surface area contributed by atoms with Crippen LogP contribution in [-0.4, -0.2) is 19.9 Å². The Labute approximate surface area is 115 Å². The molecule has 0 aliphatic carbocycles. The second-order valence-corrected chi connectivity index (χ2v) is 4.67. The zero-order valence-corrected chi connectivity index (χ0v) is 11.1. The van der Waals surface area contributed by atoms with Crippen molar-refractivity contribution in [3.63, 3.8) is 0 Å². The molecular weight excluding hydrogens is 268 g/mol. The second-order valence-electron chi connectivity index (χ2n) is 4.14. The molecule has 0 N–H and O–H groups in total. The first kappa shape index (κ1) is 13.5. The molecule has 1 aromatic heterocycles. The Morgan fingerprint density at radius 1 is 1.42 bits per heavy atom. The Morgan fingerprint density at radius 3 is 2.68 bits per heavy atom. The summed E-state index contributed by atoms with van der Waals surface area (Å²) in [6.45, 7) is 2.49. The molecule has 0 aliphatic rings. The van der Waals surface area contributed by atoms with Crippen LogP contribution in [0.15, 0.2) is 30.5 Å². The summed E-state index contributed by atoms with van der Waals surface area (Å²) in [7, 11) is 0. The van der Waals surface area contributed by atoms with Crippen molar-refractivity contribution in [2.45, 2.75) is 25.3 Å². The molecule has 1 unspecified atom stereocenters. The summed E-state index contributed by atoms with van der Waals surface area (Å²) < 4.78 is 1.67. The van der Waals surface area contributed by atoms with Gasteiger partial charge in [0, 0.05) is 12.1 Å². The number of halogens is 1. The van der Waals surface area contributed by atoms with Crippen molar-refractivity contribution in [3.8, 4) is 0 Å². The maximum Gasteiger partial charge on any atom is 0.269 e. The van der Waals surface area contributed by atoms with E-state index in [1.54, 1.807) is 23.0 Å². The summed E-state index contributed by atoms with van der Waals surface area (Å²) in [5.41, 5.74) is 1.74. The highest BCUT2D eigenvalue weighted by Gasteiger charge is 2.10. The molecular formula is C12H13ClN4O2. The summed E-state index contributed by atoms with van der Waals surface area (Å²) in [6.07, 6.45) is 2.58. The number of nitrogens with zero attached hydrogens (tertiary/aromatic N) is 4. The highest BCUT2D eigenvalue weighted by atomic mass is 35.5. The van der Waals surface area contributed by atoms with Gasteiger partial charge >= 0.3 is 0 Å². The van der Waals surface area contributed by atoms with Crippen molar-refractivity contribution < 1.29 is 4.92 Å². The second kappa shape index (κ2) is 5.79. The van der Waals surface area contributed by atoms with Gasteiger partial charge in [-0.25, -0.2) is 4.68 Å². The summed E-state index contributed by atoms with van der Waals surface area (Å²) in [4.78, 5) is 10.1. The van der Waals surface area contributed by atoms with Gasteiger partial charge in [0.2, 0.25) is 0 Å². The number of alkyl halides is 1. The highest BCUT2D eigenvalue weighted by molar-refractivity contribution is 6.20. The zero-order valence-electron chi connectivity index (χ0n) is 10.4. The molecule has 0 bridgehead atoms. The molecule has 2 aromatic rings. The minimum atomic E-state index is -0.420. The number of hydrogen-bond donors (Lipinski definition) is 0. The van der Waals surface area contributed by atoms with E-state index in [4.69, 9.17) is 11.6 Å². The van der Waals surface area contributed by atoms with Gasteiger partial charge in [-0.15, -0.1) is 16.7 Å². The van der Waals surface area contributed by atoms with E-state index in [1.165, 1.54) is 12.1 Å². The number of benzene rings is 1. The molecule has 1 aromatic carbocycles. The van der Waals surface area contributed by atoms with E-state index in [-0.39, 0.29) is 11.1 Å². The van der Waals surface area contributed by atoms with Gasteiger partial charge in [0.05, 0.1) is 23.0 Å². The number of rotatable bonds is 5. The molecule has 100 valence electrons. The molecule has 6 nitrogen and oxygen atoms in total. The van der Waals surface area contributed by atoms with Crippen LogP contribution in [0.4, 0.5) is 5.69 Å². The summed E-state index contributed by atoms with van der Waals surface area (Å²) in [5, 5.41) is 18.4. The van der Waals surface area contributed by atoms with Crippen molar-refractivity contribution in [1.82, 2.24) is 15.0 Å². The van der Waals surface area contributed by atoms with Crippen LogP contribution in [0.5, 0.6) is 0 Å². The number of nitro benzene ring substituents is 1. The molecule has 1 heterocycles. The van der Waals surface area contributed by atoms with Crippen LogP contribution >= 0.6 is 11.6 Å². The lowest BCUT2D eigenvalue weighted by Gasteiger charge is -2.01. The lowest BCUT2D eigenvalue weighted by atomic mass is 10.2. The number of hydrogen-bond acceptors (Lipinski definition) is 4. The van der Waals surface area contributed by atoms with E-state index >= 15 is 0 Å². The SMILES string of the molecule is CCC(Cl)c1cn(Cc2ccc([N+](=O)[O-])cc2)nn1. The average Bonchev–Trinajstić information content (AvgIpc) is 2.87. The number of aromatic nitrogens is 3. The van der Waals surface area contributed by atoms with Gasteiger partial charge in [-0.1, -0.05) is 24.3 Å². The molecule has 0 saturated carbocycles. The van der Waals surface area contributed by atoms with E-state index < -0.39 is 4.92 Å². The molecule has 0 aliphatic heterocycles. The predicted molar refractivity (Wildman–Crippen MR) is 71.1 cm³/mol. The lowest BCUT2D eigenvalue weighted by molar-refractivity contribution is -0.384. The summed E-state index contributed by atoms with van der Waals surface area (Å²) in [5.74, 6) is 0. The Bertz CT molecular complexity index is 567. The lowest BCUT2D eigenvalue weighted by Crippen LogP contribution is -2.00. The predicted octanol–water partition coefficient (Wildman–Crippen LogP) is 2.92. The van der Waals surface area contributed by atoms with E-state index in [1.807, 2.05) is 6.92 Å². The molecule has 0 saturated heterocycles. The van der Waals surface area contributed by atoms with Crippen molar-refractivity contribution in [2.24, 2.45) is 0 Å². The highest BCUT2D eigenvalue weighted by Crippen LogP contribution is 2.21. The molecule has 0 amide bonds. The third-order valence-corrected chi connectivity index (χ3v) is 3.26. The molecule has 19 heavy (non-hydrogen) atoms. The van der Waals surface area contributed by atoms with E-state index in [0.717, 1.165) is 17.7 Å². The summed E-state index contributed by atoms with van der Waals surface area (Å²) in [6, 6.07) is 6.36. The quantitative estimate of drug-likeness (QED) is 0.479. The van der Waals surface area contributed by atoms with E-state index in [2.05, 4.69) is 10.3 Å². The minimum absolute atomic E-state index is 0.0786. The molecule has 7 heteroatoms. The monoisotopic (exact) mass is 280 g/mol. The average molecular weight is 281 g/mol. The van der Waals surface area contributed by atoms with E-state index in [9.17, 15) is 10.1 Å². The first-order chi connectivity index (χ1) is 9.10. The molecule has 0 radical (unpaired) electrons. The maximum absolute atomic E-state index is 10.5. The minimum Gasteiger partial charge on any atom is -0.258 e. The molecule has 2 rings (SSSR count). The van der Waals surface area contributed by atoms with Crippen LogP contribution < -0.4 is 0 Å². The van der Waals surface area contributed by atoms with Gasteiger partial charge in [0.25, 0.3) is 5.69 Å². The van der Waals surface area contributed by atoms with Crippen LogP contribution in [0, 0.1) is 10.1 Å². The van der Waals surface area contributed by atoms with Crippen LogP contribution in [-0.2, 0) is 6.54 Å². The van der Waals surface area contributed by atoms with Gasteiger partial charge < -0.3 is 0 Å². The van der Waals surface area contributed by atoms with Crippen molar-refractivity contribution in [2.75, 3.05) is 0 Å². The van der Waals surface area contributed by atoms with Crippen molar-refractivity contribution in [1.29, 1.82) is 0 Å². The number of non-ortho nitro benzene ring substituents is 1. The topological polar surface area (TPSA) is 73.8 Å². The van der Waals surface area contributed by atoms with Gasteiger partial charge in [-0.05, 0) is 12.0 Å². The first-order valence-electron chi connectivity index (χ1n) is 5.87. The van der Waals surface area contributed by atoms with Gasteiger partial charge in [-0.2, -0.15) is 0 Å². The van der Waals surface area contributed by atoms with Crippen molar-refractivity contribution >= 4 is 17.3 Å². The fraction of sp³-hybridized carbons (Fsp3) is 0.333. The van der Waals surface area contributed by atoms with Crippen LogP contribution in [0.3, 0.4) is 0 Å². The third kappa shape index (κ3) is 3.29. The largest absolute Gasteiger partial charge is 0.269 e. The Kier molecular flexibility index (Phi) is 4.11. The van der Waals surface area contributed by atoms with E-state index in [0.29, 0.717) is 6.54 Å². The smallest absolute Gasteiger partial charge is 0.258 e. The molecule has 1 atom stereocenters. The van der Waals surface area contributed by atoms with Gasteiger partial charge in [0.15, 0.2) is 0 Å². The standard InChI is InChI=1S/C12H13ClN4O2/c1-2-11(13)12-8-16(15-14-12)7-9-3-5-10(6-4-9)17(18)19/h3-6,8,11H,2,7H2,1H3. The van der Waals surface area contributed by atoms with Crippen LogP contribution in [0.25, 0.3) is 0 Å². The van der Waals surface area contributed by atoms with Crippen molar-refractivity contribution in [3.05, 3.63) is 51.8 Å². The molecule has 0 fully saturated rings. The number of nitro groups is 1. The third-order valence-electron chi connectivity index (χ3n) is 2.73. The Hall–Kier alpha value is -1.95. The Morgan fingerprint density at radius 2 is 2.11 bits per heavy atom. The fourth-order valence-corrected chi connectivity index (χ4v) is 1.75. The van der Waals surface area contributed by atoms with Gasteiger partial charge in [0.1, 0.15) is 5.69 Å².